The molecule has 1 fully saturated rings. The van der Waals surface area contributed by atoms with Crippen LogP contribution in [0.1, 0.15) is 33.6 Å². The minimum atomic E-state index is -1.41. The lowest BCUT2D eigenvalue weighted by Crippen LogP contribution is -2.51. The van der Waals surface area contributed by atoms with E-state index in [4.69, 9.17) is 9.84 Å². The number of carboxylic acids is 1. The highest BCUT2D eigenvalue weighted by Gasteiger charge is 2.39. The predicted octanol–water partition coefficient (Wildman–Crippen LogP) is 0.113. The van der Waals surface area contributed by atoms with Gasteiger partial charge in [-0.05, 0) is 20.8 Å². The van der Waals surface area contributed by atoms with Crippen LogP contribution in [-0.4, -0.2) is 52.1 Å². The molecule has 1 aliphatic heterocycles. The second kappa shape index (κ2) is 5.89. The number of nitrogens with one attached hydrogen (secondary N) is 1. The SMILES string of the molecule is CC(C)(C)OC(=O)NCC(C(=O)O)N1C(=O)CCC1=O. The fourth-order valence-corrected chi connectivity index (χ4v) is 1.72. The number of likely N-dealkylation sites (tertiary alicyclic amines) is 1. The van der Waals surface area contributed by atoms with Crippen molar-refractivity contribution in [3.8, 4) is 0 Å². The maximum atomic E-state index is 11.5. The molecule has 0 bridgehead atoms. The van der Waals surface area contributed by atoms with E-state index in [-0.39, 0.29) is 19.4 Å². The Morgan fingerprint density at radius 1 is 1.30 bits per heavy atom. The van der Waals surface area contributed by atoms with Crippen LogP contribution >= 0.6 is 0 Å². The van der Waals surface area contributed by atoms with E-state index in [1.165, 1.54) is 0 Å². The third-order valence-corrected chi connectivity index (χ3v) is 2.53. The Morgan fingerprint density at radius 2 is 1.80 bits per heavy atom. The molecule has 1 unspecified atom stereocenters. The first kappa shape index (κ1) is 15.9. The first-order valence-electron chi connectivity index (χ1n) is 6.16. The van der Waals surface area contributed by atoms with E-state index >= 15 is 0 Å². The van der Waals surface area contributed by atoms with Crippen LogP contribution in [0.5, 0.6) is 0 Å². The first-order chi connectivity index (χ1) is 9.11. The molecule has 0 aliphatic carbocycles. The zero-order chi connectivity index (χ0) is 15.5. The Bertz CT molecular complexity index is 424. The van der Waals surface area contributed by atoms with Gasteiger partial charge < -0.3 is 15.2 Å². The van der Waals surface area contributed by atoms with Crippen molar-refractivity contribution in [3.63, 3.8) is 0 Å². The fourth-order valence-electron chi connectivity index (χ4n) is 1.72. The highest BCUT2D eigenvalue weighted by Crippen LogP contribution is 2.15. The summed E-state index contributed by atoms with van der Waals surface area (Å²) in [5.41, 5.74) is -0.720. The van der Waals surface area contributed by atoms with Gasteiger partial charge in [-0.15, -0.1) is 0 Å². The molecule has 0 aromatic heterocycles. The molecule has 1 aliphatic rings. The van der Waals surface area contributed by atoms with Crippen molar-refractivity contribution in [3.05, 3.63) is 0 Å². The van der Waals surface area contributed by atoms with Gasteiger partial charge in [-0.1, -0.05) is 0 Å². The standard InChI is InChI=1S/C12H18N2O6/c1-12(2,3)20-11(19)13-6-7(10(17)18)14-8(15)4-5-9(14)16/h7H,4-6H2,1-3H3,(H,13,19)(H,17,18). The number of carboxylic acid groups (broad SMARTS) is 1. The zero-order valence-electron chi connectivity index (χ0n) is 11.6. The lowest BCUT2D eigenvalue weighted by Gasteiger charge is -2.24. The Labute approximate surface area is 116 Å². The van der Waals surface area contributed by atoms with Crippen LogP contribution in [0.2, 0.25) is 0 Å². The molecule has 2 N–H and O–H groups in total. The van der Waals surface area contributed by atoms with Crippen molar-refractivity contribution < 1.29 is 29.0 Å². The molecule has 1 heterocycles. The quantitative estimate of drug-likeness (QED) is 0.709. The van der Waals surface area contributed by atoms with Crippen LogP contribution in [0.15, 0.2) is 0 Å². The molecule has 8 heteroatoms. The zero-order valence-corrected chi connectivity index (χ0v) is 11.6. The van der Waals surface area contributed by atoms with Crippen LogP contribution < -0.4 is 5.32 Å². The van der Waals surface area contributed by atoms with Crippen LogP contribution in [0.4, 0.5) is 4.79 Å². The highest BCUT2D eigenvalue weighted by molar-refractivity contribution is 6.05. The predicted molar refractivity (Wildman–Crippen MR) is 66.7 cm³/mol. The van der Waals surface area contributed by atoms with Crippen molar-refractivity contribution in [2.45, 2.75) is 45.3 Å². The lowest BCUT2D eigenvalue weighted by molar-refractivity contribution is -0.153. The topological polar surface area (TPSA) is 113 Å². The number of rotatable bonds is 4. The number of imide groups is 1. The van der Waals surface area contributed by atoms with Crippen molar-refractivity contribution in [2.24, 2.45) is 0 Å². The van der Waals surface area contributed by atoms with Gasteiger partial charge in [0, 0.05) is 12.8 Å². The van der Waals surface area contributed by atoms with Crippen LogP contribution in [0.25, 0.3) is 0 Å². The molecule has 0 saturated carbocycles. The van der Waals surface area contributed by atoms with Crippen molar-refractivity contribution in [2.75, 3.05) is 6.54 Å². The Balaban J connectivity index is 2.65. The Morgan fingerprint density at radius 3 is 2.20 bits per heavy atom. The van der Waals surface area contributed by atoms with Gasteiger partial charge in [0.25, 0.3) is 0 Å². The van der Waals surface area contributed by atoms with E-state index < -0.39 is 35.5 Å². The second-order valence-corrected chi connectivity index (χ2v) is 5.39. The molecule has 1 saturated heterocycles. The van der Waals surface area contributed by atoms with E-state index in [2.05, 4.69) is 5.32 Å². The summed E-state index contributed by atoms with van der Waals surface area (Å²) >= 11 is 0. The second-order valence-electron chi connectivity index (χ2n) is 5.39. The van der Waals surface area contributed by atoms with E-state index in [0.717, 1.165) is 0 Å². The van der Waals surface area contributed by atoms with Crippen LogP contribution in [-0.2, 0) is 19.1 Å². The summed E-state index contributed by atoms with van der Waals surface area (Å²) in [5, 5.41) is 11.3. The maximum Gasteiger partial charge on any atom is 0.407 e. The number of hydrogen-bond donors (Lipinski definition) is 2. The molecule has 0 radical (unpaired) electrons. The Hall–Kier alpha value is -2.12. The highest BCUT2D eigenvalue weighted by atomic mass is 16.6. The molecule has 1 rings (SSSR count). The molecule has 3 amide bonds. The summed E-state index contributed by atoms with van der Waals surface area (Å²) in [7, 11) is 0. The molecular weight excluding hydrogens is 268 g/mol. The van der Waals surface area contributed by atoms with E-state index in [9.17, 15) is 19.2 Å². The smallest absolute Gasteiger partial charge is 0.407 e. The molecule has 112 valence electrons. The van der Waals surface area contributed by atoms with Gasteiger partial charge in [-0.2, -0.15) is 0 Å². The summed E-state index contributed by atoms with van der Waals surface area (Å²) in [6.07, 6.45) is -0.813. The van der Waals surface area contributed by atoms with Gasteiger partial charge in [-0.3, -0.25) is 14.5 Å². The maximum absolute atomic E-state index is 11.5. The first-order valence-corrected chi connectivity index (χ1v) is 6.16. The van der Waals surface area contributed by atoms with E-state index in [1.54, 1.807) is 20.8 Å². The van der Waals surface area contributed by atoms with Crippen molar-refractivity contribution >= 4 is 23.9 Å². The average molecular weight is 286 g/mol. The number of aliphatic carboxylic acids is 1. The van der Waals surface area contributed by atoms with Crippen LogP contribution in [0.3, 0.4) is 0 Å². The van der Waals surface area contributed by atoms with E-state index in [1.807, 2.05) is 0 Å². The van der Waals surface area contributed by atoms with Gasteiger partial charge in [0.15, 0.2) is 6.04 Å². The lowest BCUT2D eigenvalue weighted by atomic mass is 10.2. The molecule has 0 aromatic carbocycles. The largest absolute Gasteiger partial charge is 0.480 e. The third kappa shape index (κ3) is 4.22. The third-order valence-electron chi connectivity index (χ3n) is 2.53. The molecule has 8 nitrogen and oxygen atoms in total. The normalized spacial score (nSPS) is 17.1. The number of alkyl carbamates (subject to hydrolysis) is 1. The number of hydrogen-bond acceptors (Lipinski definition) is 5. The number of carbonyl (C=O) groups excluding carboxylic acids is 3. The number of nitrogens with zero attached hydrogens (tertiary/aromatic N) is 1. The van der Waals surface area contributed by atoms with Gasteiger partial charge in [0.2, 0.25) is 11.8 Å². The monoisotopic (exact) mass is 286 g/mol. The molecule has 0 aromatic rings. The summed E-state index contributed by atoms with van der Waals surface area (Å²) in [6, 6.07) is -1.41. The average Bonchev–Trinajstić information content (AvgIpc) is 2.58. The van der Waals surface area contributed by atoms with Gasteiger partial charge >= 0.3 is 12.1 Å². The molecule has 20 heavy (non-hydrogen) atoms. The molecular formula is C12H18N2O6. The number of amides is 3. The summed E-state index contributed by atoms with van der Waals surface area (Å²) in [6.45, 7) is 4.60. The minimum Gasteiger partial charge on any atom is -0.480 e. The van der Waals surface area contributed by atoms with Gasteiger partial charge in [0.05, 0.1) is 6.54 Å². The van der Waals surface area contributed by atoms with E-state index in [0.29, 0.717) is 4.90 Å². The molecule has 1 atom stereocenters. The molecule has 0 spiro atoms. The minimum absolute atomic E-state index is 0.00491. The summed E-state index contributed by atoms with van der Waals surface area (Å²) in [4.78, 5) is 46.3. The Kier molecular flexibility index (Phi) is 4.69. The van der Waals surface area contributed by atoms with Gasteiger partial charge in [0.1, 0.15) is 5.60 Å². The summed E-state index contributed by atoms with van der Waals surface area (Å²) in [5.74, 6) is -2.45. The van der Waals surface area contributed by atoms with Crippen molar-refractivity contribution in [1.82, 2.24) is 10.2 Å². The number of ether oxygens (including phenoxy) is 1. The van der Waals surface area contributed by atoms with Crippen molar-refractivity contribution in [1.29, 1.82) is 0 Å². The number of carbonyl (C=O) groups is 4. The fraction of sp³-hybridized carbons (Fsp3) is 0.667. The van der Waals surface area contributed by atoms with Gasteiger partial charge in [-0.25, -0.2) is 9.59 Å². The summed E-state index contributed by atoms with van der Waals surface area (Å²) < 4.78 is 4.95. The van der Waals surface area contributed by atoms with Crippen LogP contribution in [0, 0.1) is 0 Å².